The Morgan fingerprint density at radius 2 is 2.19 bits per heavy atom. The van der Waals surface area contributed by atoms with Crippen LogP contribution in [0.25, 0.3) is 11.3 Å². The van der Waals surface area contributed by atoms with Crippen LogP contribution in [0.3, 0.4) is 0 Å². The van der Waals surface area contributed by atoms with Gasteiger partial charge in [0.1, 0.15) is 11.8 Å². The molecule has 0 fully saturated rings. The lowest BCUT2D eigenvalue weighted by Gasteiger charge is -2.07. The molecule has 0 radical (unpaired) electrons. The van der Waals surface area contributed by atoms with E-state index in [1.807, 2.05) is 0 Å². The van der Waals surface area contributed by atoms with E-state index in [9.17, 15) is 0 Å². The Morgan fingerprint density at radius 1 is 1.31 bits per heavy atom. The second-order valence-electron chi connectivity index (χ2n) is 3.09. The first kappa shape index (κ1) is 10.1. The van der Waals surface area contributed by atoms with Crippen LogP contribution in [-0.4, -0.2) is 17.1 Å². The van der Waals surface area contributed by atoms with Crippen molar-refractivity contribution >= 4 is 0 Å². The van der Waals surface area contributed by atoms with Crippen LogP contribution in [0.4, 0.5) is 0 Å². The predicted molar refractivity (Wildman–Crippen MR) is 58.7 cm³/mol. The molecule has 16 heavy (non-hydrogen) atoms. The quantitative estimate of drug-likeness (QED) is 0.762. The van der Waals surface area contributed by atoms with Crippen molar-refractivity contribution in [3.63, 3.8) is 0 Å². The first-order valence-corrected chi connectivity index (χ1v) is 4.70. The predicted octanol–water partition coefficient (Wildman–Crippen LogP) is 2.02. The minimum Gasteiger partial charge on any atom is -0.494 e. The molecule has 4 heteroatoms. The monoisotopic (exact) mass is 211 g/mol. The first-order valence-electron chi connectivity index (χ1n) is 4.70. The van der Waals surface area contributed by atoms with Crippen molar-refractivity contribution in [2.24, 2.45) is 0 Å². The van der Waals surface area contributed by atoms with E-state index in [0.29, 0.717) is 17.0 Å². The van der Waals surface area contributed by atoms with E-state index in [4.69, 9.17) is 10.00 Å². The molecule has 2 rings (SSSR count). The minimum absolute atomic E-state index is 0.520. The molecule has 2 aromatic rings. The van der Waals surface area contributed by atoms with Gasteiger partial charge in [-0.1, -0.05) is 0 Å². The van der Waals surface area contributed by atoms with Gasteiger partial charge in [-0.2, -0.15) is 5.26 Å². The van der Waals surface area contributed by atoms with E-state index in [-0.39, 0.29) is 0 Å². The number of nitrogens with zero attached hydrogens (tertiary/aromatic N) is 3. The van der Waals surface area contributed by atoms with Crippen LogP contribution in [-0.2, 0) is 0 Å². The van der Waals surface area contributed by atoms with Crippen molar-refractivity contribution in [2.75, 3.05) is 7.11 Å². The van der Waals surface area contributed by atoms with Crippen LogP contribution in [0.2, 0.25) is 0 Å². The van der Waals surface area contributed by atoms with Crippen LogP contribution in [0.1, 0.15) is 5.56 Å². The summed E-state index contributed by atoms with van der Waals surface area (Å²) in [6.45, 7) is 0. The molecule has 0 aliphatic heterocycles. The third kappa shape index (κ3) is 1.71. The van der Waals surface area contributed by atoms with Crippen molar-refractivity contribution < 1.29 is 4.74 Å². The zero-order chi connectivity index (χ0) is 11.4. The molecule has 0 spiro atoms. The number of ether oxygens (including phenoxy) is 1. The van der Waals surface area contributed by atoms with Gasteiger partial charge in [0.25, 0.3) is 0 Å². The molecule has 0 bridgehead atoms. The molecule has 0 amide bonds. The maximum atomic E-state index is 9.00. The molecule has 0 atom stereocenters. The highest BCUT2D eigenvalue weighted by atomic mass is 16.5. The molecule has 0 aliphatic carbocycles. The van der Waals surface area contributed by atoms with Crippen molar-refractivity contribution in [3.05, 3.63) is 42.4 Å². The van der Waals surface area contributed by atoms with Crippen LogP contribution >= 0.6 is 0 Å². The van der Waals surface area contributed by atoms with Gasteiger partial charge in [0.05, 0.1) is 24.6 Å². The first-order chi connectivity index (χ1) is 7.86. The third-order valence-electron chi connectivity index (χ3n) is 2.19. The van der Waals surface area contributed by atoms with E-state index >= 15 is 0 Å². The van der Waals surface area contributed by atoms with Crippen molar-refractivity contribution in [3.8, 4) is 23.1 Å². The summed E-state index contributed by atoms with van der Waals surface area (Å²) in [6.07, 6.45) is 4.90. The van der Waals surface area contributed by atoms with Gasteiger partial charge in [-0.25, -0.2) is 0 Å². The molecule has 0 aromatic carbocycles. The van der Waals surface area contributed by atoms with Crippen LogP contribution in [0, 0.1) is 11.3 Å². The fourth-order valence-electron chi connectivity index (χ4n) is 1.45. The largest absolute Gasteiger partial charge is 0.494 e. The summed E-state index contributed by atoms with van der Waals surface area (Å²) < 4.78 is 5.19. The zero-order valence-electron chi connectivity index (χ0n) is 8.71. The minimum atomic E-state index is 0.520. The fourth-order valence-corrected chi connectivity index (χ4v) is 1.45. The Morgan fingerprint density at radius 3 is 2.94 bits per heavy atom. The van der Waals surface area contributed by atoms with E-state index in [1.165, 1.54) is 0 Å². The summed E-state index contributed by atoms with van der Waals surface area (Å²) in [6, 6.07) is 7.34. The molecule has 78 valence electrons. The second kappa shape index (κ2) is 4.41. The molecular weight excluding hydrogens is 202 g/mol. The van der Waals surface area contributed by atoms with E-state index in [1.54, 1.807) is 43.9 Å². The third-order valence-corrected chi connectivity index (χ3v) is 2.19. The van der Waals surface area contributed by atoms with Crippen molar-refractivity contribution in [2.45, 2.75) is 0 Å². The van der Waals surface area contributed by atoms with Gasteiger partial charge in [0.15, 0.2) is 0 Å². The Kier molecular flexibility index (Phi) is 2.79. The summed E-state index contributed by atoms with van der Waals surface area (Å²) in [5, 5.41) is 9.00. The van der Waals surface area contributed by atoms with Gasteiger partial charge < -0.3 is 4.74 Å². The summed E-state index contributed by atoms with van der Waals surface area (Å²) in [5.74, 6) is 0.609. The molecule has 2 heterocycles. The Bertz CT molecular complexity index is 546. The van der Waals surface area contributed by atoms with E-state index in [2.05, 4.69) is 16.0 Å². The Balaban J connectivity index is 2.64. The highest BCUT2D eigenvalue weighted by Gasteiger charge is 2.10. The standard InChI is InChI=1S/C12H9N3O/c1-16-11-8-14-6-4-10(11)12-9(7-13)3-2-5-15-12/h2-6,8H,1H3. The Labute approximate surface area is 93.2 Å². The molecule has 0 saturated carbocycles. The van der Waals surface area contributed by atoms with Crippen LogP contribution in [0.5, 0.6) is 5.75 Å². The van der Waals surface area contributed by atoms with Crippen LogP contribution in [0.15, 0.2) is 36.8 Å². The summed E-state index contributed by atoms with van der Waals surface area (Å²) in [7, 11) is 1.56. The normalized spacial score (nSPS) is 9.50. The maximum absolute atomic E-state index is 9.00. The molecular formula is C12H9N3O. The van der Waals surface area contributed by atoms with Gasteiger partial charge in [-0.15, -0.1) is 0 Å². The summed E-state index contributed by atoms with van der Waals surface area (Å²) in [4.78, 5) is 8.16. The molecule has 0 saturated heterocycles. The lowest BCUT2D eigenvalue weighted by molar-refractivity contribution is 0.414. The molecule has 4 nitrogen and oxygen atoms in total. The zero-order valence-corrected chi connectivity index (χ0v) is 8.71. The molecule has 2 aromatic heterocycles. The van der Waals surface area contributed by atoms with E-state index < -0.39 is 0 Å². The topological polar surface area (TPSA) is 58.8 Å². The number of nitriles is 1. The van der Waals surface area contributed by atoms with Crippen molar-refractivity contribution in [1.29, 1.82) is 5.26 Å². The summed E-state index contributed by atoms with van der Waals surface area (Å²) >= 11 is 0. The molecule has 0 aliphatic rings. The molecule has 0 unspecified atom stereocenters. The lowest BCUT2D eigenvalue weighted by atomic mass is 10.1. The average molecular weight is 211 g/mol. The number of hydrogen-bond acceptors (Lipinski definition) is 4. The number of rotatable bonds is 2. The van der Waals surface area contributed by atoms with Gasteiger partial charge in [-0.05, 0) is 18.2 Å². The number of aromatic nitrogens is 2. The van der Waals surface area contributed by atoms with Gasteiger partial charge in [-0.3, -0.25) is 9.97 Å². The Hall–Kier alpha value is -2.41. The highest BCUT2D eigenvalue weighted by Crippen LogP contribution is 2.28. The number of methoxy groups -OCH3 is 1. The van der Waals surface area contributed by atoms with Gasteiger partial charge in [0, 0.05) is 18.0 Å². The maximum Gasteiger partial charge on any atom is 0.146 e. The van der Waals surface area contributed by atoms with Crippen molar-refractivity contribution in [1.82, 2.24) is 9.97 Å². The van der Waals surface area contributed by atoms with Crippen LogP contribution < -0.4 is 4.74 Å². The number of hydrogen-bond donors (Lipinski definition) is 0. The SMILES string of the molecule is COc1cnccc1-c1ncccc1C#N. The lowest BCUT2D eigenvalue weighted by Crippen LogP contribution is -1.93. The summed E-state index contributed by atoms with van der Waals surface area (Å²) in [5.41, 5.74) is 1.91. The van der Waals surface area contributed by atoms with Gasteiger partial charge in [0.2, 0.25) is 0 Å². The smallest absolute Gasteiger partial charge is 0.146 e. The second-order valence-corrected chi connectivity index (χ2v) is 3.09. The molecule has 0 N–H and O–H groups in total. The van der Waals surface area contributed by atoms with E-state index in [0.717, 1.165) is 5.56 Å². The average Bonchev–Trinajstić information content (AvgIpc) is 2.38. The highest BCUT2D eigenvalue weighted by molar-refractivity contribution is 5.71. The fraction of sp³-hybridized carbons (Fsp3) is 0.0833. The van der Waals surface area contributed by atoms with Gasteiger partial charge >= 0.3 is 0 Å². The number of pyridine rings is 2.